The summed E-state index contributed by atoms with van der Waals surface area (Å²) in [7, 11) is 0. The van der Waals surface area contributed by atoms with Gasteiger partial charge in [0.05, 0.1) is 0 Å². The smallest absolute Gasteiger partial charge is 0.235 e. The second-order valence-corrected chi connectivity index (χ2v) is 5.29. The summed E-state index contributed by atoms with van der Waals surface area (Å²) in [5, 5.41) is 7.47. The van der Waals surface area contributed by atoms with Crippen LogP contribution < -0.4 is 0 Å². The molecule has 0 spiro atoms. The standard InChI is InChI=1S/C14H28N4O2/c1-5-7-9-15-11-18(14(4)20)16(10-8-6-2)12-17(15)13(3)19/h5-12H2,1-4H3. The molecule has 0 saturated carbocycles. The fourth-order valence-electron chi connectivity index (χ4n) is 2.30. The van der Waals surface area contributed by atoms with Gasteiger partial charge in [0.15, 0.2) is 0 Å². The molecular weight excluding hydrogens is 256 g/mol. The summed E-state index contributed by atoms with van der Waals surface area (Å²) in [5.74, 6) is 0.0663. The fourth-order valence-corrected chi connectivity index (χ4v) is 2.30. The van der Waals surface area contributed by atoms with Gasteiger partial charge in [-0.1, -0.05) is 26.7 Å². The summed E-state index contributed by atoms with van der Waals surface area (Å²) in [5.41, 5.74) is 0. The lowest BCUT2D eigenvalue weighted by Crippen LogP contribution is -2.65. The maximum atomic E-state index is 11.8. The summed E-state index contributed by atoms with van der Waals surface area (Å²) in [6.07, 6.45) is 4.18. The average Bonchev–Trinajstić information content (AvgIpc) is 2.42. The minimum atomic E-state index is 0.0332. The molecule has 6 heteroatoms. The Labute approximate surface area is 122 Å². The summed E-state index contributed by atoms with van der Waals surface area (Å²) >= 11 is 0. The summed E-state index contributed by atoms with van der Waals surface area (Å²) in [4.78, 5) is 23.6. The normalized spacial score (nSPS) is 17.6. The van der Waals surface area contributed by atoms with E-state index in [1.54, 1.807) is 23.9 Å². The minimum absolute atomic E-state index is 0.0332. The topological polar surface area (TPSA) is 47.1 Å². The van der Waals surface area contributed by atoms with Gasteiger partial charge in [0.2, 0.25) is 11.8 Å². The highest BCUT2D eigenvalue weighted by Crippen LogP contribution is 2.15. The van der Waals surface area contributed by atoms with E-state index in [0.717, 1.165) is 38.8 Å². The second-order valence-electron chi connectivity index (χ2n) is 5.29. The minimum Gasteiger partial charge on any atom is -0.274 e. The molecule has 0 unspecified atom stereocenters. The Hall–Kier alpha value is -1.14. The summed E-state index contributed by atoms with van der Waals surface area (Å²) in [6.45, 7) is 9.97. The van der Waals surface area contributed by atoms with E-state index in [9.17, 15) is 9.59 Å². The number of hydrogen-bond donors (Lipinski definition) is 0. The number of amides is 2. The molecule has 116 valence electrons. The molecule has 0 N–H and O–H groups in total. The van der Waals surface area contributed by atoms with Crippen LogP contribution in [0.2, 0.25) is 0 Å². The number of nitrogens with zero attached hydrogens (tertiary/aromatic N) is 4. The van der Waals surface area contributed by atoms with Gasteiger partial charge < -0.3 is 0 Å². The molecule has 1 heterocycles. The maximum Gasteiger partial charge on any atom is 0.235 e. The molecule has 0 bridgehead atoms. The van der Waals surface area contributed by atoms with Crippen LogP contribution in [0.5, 0.6) is 0 Å². The van der Waals surface area contributed by atoms with Gasteiger partial charge >= 0.3 is 0 Å². The molecule has 0 aromatic rings. The SMILES string of the molecule is CCCCN1CN(C(C)=O)N(CCCC)CN1C(C)=O. The average molecular weight is 284 g/mol. The van der Waals surface area contributed by atoms with Gasteiger partial charge in [0.1, 0.15) is 13.3 Å². The number of hydrazine groups is 2. The third-order valence-electron chi connectivity index (χ3n) is 3.54. The molecule has 2 amide bonds. The quantitative estimate of drug-likeness (QED) is 0.744. The Kier molecular flexibility index (Phi) is 6.95. The van der Waals surface area contributed by atoms with E-state index in [1.807, 2.05) is 10.0 Å². The van der Waals surface area contributed by atoms with Gasteiger partial charge in [-0.3, -0.25) is 19.6 Å². The zero-order valence-corrected chi connectivity index (χ0v) is 13.3. The summed E-state index contributed by atoms with van der Waals surface area (Å²) < 4.78 is 0. The van der Waals surface area contributed by atoms with Crippen molar-refractivity contribution in [2.75, 3.05) is 26.4 Å². The number of unbranched alkanes of at least 4 members (excludes halogenated alkanes) is 2. The molecule has 0 aliphatic carbocycles. The van der Waals surface area contributed by atoms with Crippen molar-refractivity contribution in [3.63, 3.8) is 0 Å². The largest absolute Gasteiger partial charge is 0.274 e. The predicted molar refractivity (Wildman–Crippen MR) is 78.0 cm³/mol. The van der Waals surface area contributed by atoms with Crippen molar-refractivity contribution < 1.29 is 9.59 Å². The van der Waals surface area contributed by atoms with E-state index >= 15 is 0 Å². The van der Waals surface area contributed by atoms with Crippen LogP contribution in [-0.4, -0.2) is 58.3 Å². The van der Waals surface area contributed by atoms with Crippen LogP contribution in [0.25, 0.3) is 0 Å². The maximum absolute atomic E-state index is 11.8. The number of carbonyl (C=O) groups excluding carboxylic acids is 2. The molecule has 6 nitrogen and oxygen atoms in total. The predicted octanol–water partition coefficient (Wildman–Crippen LogP) is 1.65. The van der Waals surface area contributed by atoms with Gasteiger partial charge in [-0.2, -0.15) is 10.0 Å². The van der Waals surface area contributed by atoms with Crippen LogP contribution in [0.1, 0.15) is 53.4 Å². The first-order valence-corrected chi connectivity index (χ1v) is 7.57. The number of hydrogen-bond acceptors (Lipinski definition) is 4. The lowest BCUT2D eigenvalue weighted by atomic mass is 10.3. The van der Waals surface area contributed by atoms with Crippen molar-refractivity contribution >= 4 is 11.8 Å². The van der Waals surface area contributed by atoms with E-state index < -0.39 is 0 Å². The van der Waals surface area contributed by atoms with Gasteiger partial charge in [-0.25, -0.2) is 0 Å². The van der Waals surface area contributed by atoms with Crippen LogP contribution in [0.3, 0.4) is 0 Å². The zero-order valence-electron chi connectivity index (χ0n) is 13.3. The van der Waals surface area contributed by atoms with Crippen molar-refractivity contribution in [3.8, 4) is 0 Å². The first-order valence-electron chi connectivity index (χ1n) is 7.57. The molecule has 1 saturated heterocycles. The molecule has 0 radical (unpaired) electrons. The third kappa shape index (κ3) is 4.45. The van der Waals surface area contributed by atoms with Gasteiger partial charge in [0, 0.05) is 26.9 Å². The third-order valence-corrected chi connectivity index (χ3v) is 3.54. The van der Waals surface area contributed by atoms with Crippen molar-refractivity contribution in [3.05, 3.63) is 0 Å². The van der Waals surface area contributed by atoms with E-state index in [4.69, 9.17) is 0 Å². The molecule has 1 aliphatic heterocycles. The Morgan fingerprint density at radius 2 is 1.15 bits per heavy atom. The zero-order chi connectivity index (χ0) is 15.1. The van der Waals surface area contributed by atoms with Gasteiger partial charge in [0.25, 0.3) is 0 Å². The number of carbonyl (C=O) groups is 2. The fraction of sp³-hybridized carbons (Fsp3) is 0.857. The van der Waals surface area contributed by atoms with Crippen LogP contribution in [0, 0.1) is 0 Å². The van der Waals surface area contributed by atoms with Crippen LogP contribution in [0.4, 0.5) is 0 Å². The molecule has 20 heavy (non-hydrogen) atoms. The van der Waals surface area contributed by atoms with Crippen molar-refractivity contribution in [1.29, 1.82) is 0 Å². The van der Waals surface area contributed by atoms with Gasteiger partial charge in [-0.15, -0.1) is 0 Å². The van der Waals surface area contributed by atoms with E-state index in [1.165, 1.54) is 0 Å². The Balaban J connectivity index is 2.79. The van der Waals surface area contributed by atoms with Crippen molar-refractivity contribution in [2.24, 2.45) is 0 Å². The Morgan fingerprint density at radius 1 is 0.800 bits per heavy atom. The molecule has 1 aliphatic rings. The first-order chi connectivity index (χ1) is 9.51. The highest BCUT2D eigenvalue weighted by molar-refractivity contribution is 5.74. The van der Waals surface area contributed by atoms with Crippen molar-refractivity contribution in [1.82, 2.24) is 20.0 Å². The lowest BCUT2D eigenvalue weighted by Gasteiger charge is -2.49. The highest BCUT2D eigenvalue weighted by Gasteiger charge is 2.32. The Morgan fingerprint density at radius 3 is 1.40 bits per heavy atom. The van der Waals surface area contributed by atoms with Crippen LogP contribution in [-0.2, 0) is 9.59 Å². The first kappa shape index (κ1) is 16.9. The lowest BCUT2D eigenvalue weighted by molar-refractivity contribution is -0.221. The van der Waals surface area contributed by atoms with Crippen molar-refractivity contribution in [2.45, 2.75) is 53.4 Å². The monoisotopic (exact) mass is 284 g/mol. The second kappa shape index (κ2) is 8.21. The van der Waals surface area contributed by atoms with Crippen LogP contribution >= 0.6 is 0 Å². The molecule has 0 aromatic carbocycles. The molecule has 1 fully saturated rings. The molecular formula is C14H28N4O2. The van der Waals surface area contributed by atoms with Gasteiger partial charge in [-0.05, 0) is 12.8 Å². The van der Waals surface area contributed by atoms with E-state index in [0.29, 0.717) is 13.3 Å². The van der Waals surface area contributed by atoms with Crippen LogP contribution in [0.15, 0.2) is 0 Å². The van der Waals surface area contributed by atoms with E-state index in [-0.39, 0.29) is 11.8 Å². The Bertz CT molecular complexity index is 303. The molecule has 0 atom stereocenters. The molecule has 1 rings (SSSR count). The number of rotatable bonds is 6. The molecule has 0 aromatic heterocycles. The highest BCUT2D eigenvalue weighted by atomic mass is 16.2. The van der Waals surface area contributed by atoms with E-state index in [2.05, 4.69) is 13.8 Å². The summed E-state index contributed by atoms with van der Waals surface area (Å²) in [6, 6.07) is 0.